The molecule has 3 aromatic rings. The molecule has 188 valence electrons. The number of benzene rings is 3. The molecule has 0 saturated carbocycles. The fourth-order valence-corrected chi connectivity index (χ4v) is 5.77. The normalized spacial score (nSPS) is 13.3. The van der Waals surface area contributed by atoms with Crippen molar-refractivity contribution in [2.75, 3.05) is 30.0 Å². The van der Waals surface area contributed by atoms with E-state index < -0.39 is 42.1 Å². The van der Waals surface area contributed by atoms with Crippen molar-refractivity contribution >= 4 is 48.6 Å². The Balaban J connectivity index is 1.86. The smallest absolute Gasteiger partial charge is 0.296 e. The van der Waals surface area contributed by atoms with E-state index in [1.54, 1.807) is 19.1 Å². The van der Waals surface area contributed by atoms with E-state index in [0.29, 0.717) is 6.61 Å². The van der Waals surface area contributed by atoms with Crippen molar-refractivity contribution in [1.82, 2.24) is 0 Å². The van der Waals surface area contributed by atoms with Crippen LogP contribution in [0.3, 0.4) is 0 Å². The summed E-state index contributed by atoms with van der Waals surface area (Å²) in [4.78, 5) is 25.8. The van der Waals surface area contributed by atoms with Crippen molar-refractivity contribution in [2.24, 2.45) is 0 Å². The molecular weight excluding hydrogens is 508 g/mol. The number of ether oxygens (including phenoxy) is 1. The molecule has 0 aliphatic heterocycles. The third kappa shape index (κ3) is 4.63. The van der Waals surface area contributed by atoms with Crippen LogP contribution in [0.2, 0.25) is 0 Å². The van der Waals surface area contributed by atoms with E-state index in [9.17, 15) is 31.0 Å². The molecule has 0 heterocycles. The van der Waals surface area contributed by atoms with Crippen LogP contribution in [0, 0.1) is 0 Å². The molecule has 4 rings (SSSR count). The first-order valence-electron chi connectivity index (χ1n) is 10.8. The Hall–Kier alpha value is -3.58. The molecule has 0 bridgehead atoms. The Morgan fingerprint density at radius 1 is 0.917 bits per heavy atom. The van der Waals surface area contributed by atoms with Crippen molar-refractivity contribution in [3.05, 3.63) is 76.9 Å². The van der Waals surface area contributed by atoms with Crippen molar-refractivity contribution in [2.45, 2.75) is 16.7 Å². The van der Waals surface area contributed by atoms with Gasteiger partial charge in [0.05, 0.1) is 39.8 Å². The molecule has 12 heteroatoms. The maximum absolute atomic E-state index is 13.4. The minimum absolute atomic E-state index is 0.00962. The van der Waals surface area contributed by atoms with Gasteiger partial charge in [0.15, 0.2) is 21.4 Å². The summed E-state index contributed by atoms with van der Waals surface area (Å²) in [7, 11) is -8.59. The standard InChI is InChI=1S/C24H22N2O8S2/c1-2-34-10-11-35(29,30)15-7-5-6-14(12-15)26-18-13-19(36(31,32)33)22(25)21-20(18)23(27)16-8-3-4-9-17(16)24(21)28/h3-9,12-13,26H,2,10-11,25H2,1H3,(H,31,32,33). The number of fused-ring (bicyclic) bond motifs is 2. The SMILES string of the molecule is CCOCCS(=O)(=O)c1cccc(Nc2cc(S(=O)(=O)O)c(N)c3c2C(=O)c2ccccc2C3=O)c1. The Labute approximate surface area is 207 Å². The topological polar surface area (TPSA) is 170 Å². The molecular formula is C24H22N2O8S2. The minimum Gasteiger partial charge on any atom is -0.397 e. The molecule has 0 unspecified atom stereocenters. The zero-order chi connectivity index (χ0) is 26.3. The average Bonchev–Trinajstić information content (AvgIpc) is 2.83. The minimum atomic E-state index is -4.88. The number of ketones is 2. The Kier molecular flexibility index (Phi) is 6.71. The van der Waals surface area contributed by atoms with Crippen molar-refractivity contribution in [3.63, 3.8) is 0 Å². The third-order valence-corrected chi connectivity index (χ3v) is 8.22. The van der Waals surface area contributed by atoms with Gasteiger partial charge in [0.25, 0.3) is 10.1 Å². The van der Waals surface area contributed by atoms with Gasteiger partial charge >= 0.3 is 0 Å². The van der Waals surface area contributed by atoms with Crippen LogP contribution in [0.25, 0.3) is 0 Å². The predicted molar refractivity (Wildman–Crippen MR) is 132 cm³/mol. The number of nitrogen functional groups attached to an aromatic ring is 1. The summed E-state index contributed by atoms with van der Waals surface area (Å²) in [5.41, 5.74) is 5.07. The fraction of sp³-hybridized carbons (Fsp3) is 0.167. The van der Waals surface area contributed by atoms with Gasteiger partial charge in [-0.1, -0.05) is 30.3 Å². The quantitative estimate of drug-likeness (QED) is 0.175. The number of nitrogens with one attached hydrogen (secondary N) is 1. The fourth-order valence-electron chi connectivity index (χ4n) is 3.96. The number of rotatable bonds is 8. The number of carbonyl (C=O) groups excluding carboxylic acids is 2. The van der Waals surface area contributed by atoms with Crippen LogP contribution in [0.1, 0.15) is 38.8 Å². The number of hydrogen-bond acceptors (Lipinski definition) is 9. The van der Waals surface area contributed by atoms with E-state index in [0.717, 1.165) is 6.07 Å². The van der Waals surface area contributed by atoms with E-state index in [1.807, 2.05) is 0 Å². The Morgan fingerprint density at radius 3 is 2.17 bits per heavy atom. The van der Waals surface area contributed by atoms with Crippen LogP contribution in [0.5, 0.6) is 0 Å². The molecule has 0 saturated heterocycles. The Bertz CT molecular complexity index is 1610. The highest BCUT2D eigenvalue weighted by Gasteiger charge is 2.36. The van der Waals surface area contributed by atoms with Gasteiger partial charge in [0.1, 0.15) is 4.90 Å². The summed E-state index contributed by atoms with van der Waals surface area (Å²) in [6, 6.07) is 12.6. The van der Waals surface area contributed by atoms with E-state index >= 15 is 0 Å². The summed E-state index contributed by atoms with van der Waals surface area (Å²) >= 11 is 0. The lowest BCUT2D eigenvalue weighted by Crippen LogP contribution is -2.25. The zero-order valence-corrected chi connectivity index (χ0v) is 20.6. The van der Waals surface area contributed by atoms with Gasteiger partial charge in [-0.2, -0.15) is 8.42 Å². The second-order valence-corrected chi connectivity index (χ2v) is 11.4. The number of carbonyl (C=O) groups is 2. The first-order chi connectivity index (χ1) is 17.0. The highest BCUT2D eigenvalue weighted by Crippen LogP contribution is 2.40. The molecule has 4 N–H and O–H groups in total. The molecule has 0 spiro atoms. The lowest BCUT2D eigenvalue weighted by molar-refractivity contribution is 0.0980. The van der Waals surface area contributed by atoms with Crippen molar-refractivity contribution in [3.8, 4) is 0 Å². The number of nitrogens with two attached hydrogens (primary N) is 1. The van der Waals surface area contributed by atoms with E-state index in [-0.39, 0.29) is 50.9 Å². The second-order valence-electron chi connectivity index (χ2n) is 7.93. The van der Waals surface area contributed by atoms with Crippen molar-refractivity contribution < 1.29 is 35.7 Å². The van der Waals surface area contributed by atoms with Gasteiger partial charge in [0.2, 0.25) is 0 Å². The molecule has 0 aromatic heterocycles. The molecule has 0 amide bonds. The first-order valence-corrected chi connectivity index (χ1v) is 13.8. The summed E-state index contributed by atoms with van der Waals surface area (Å²) in [6.45, 7) is 2.12. The Morgan fingerprint density at radius 2 is 1.56 bits per heavy atom. The van der Waals surface area contributed by atoms with Gasteiger partial charge in [-0.25, -0.2) is 8.42 Å². The van der Waals surface area contributed by atoms with Crippen molar-refractivity contribution in [1.29, 1.82) is 0 Å². The summed E-state index contributed by atoms with van der Waals surface area (Å²) < 4.78 is 64.3. The summed E-state index contributed by atoms with van der Waals surface area (Å²) in [5, 5.41) is 2.83. The average molecular weight is 531 g/mol. The number of anilines is 3. The van der Waals surface area contributed by atoms with Crippen LogP contribution in [-0.2, 0) is 24.7 Å². The van der Waals surface area contributed by atoms with E-state index in [1.165, 1.54) is 36.4 Å². The summed E-state index contributed by atoms with van der Waals surface area (Å²) in [6.07, 6.45) is 0. The van der Waals surface area contributed by atoms with E-state index in [4.69, 9.17) is 10.5 Å². The molecule has 0 atom stereocenters. The molecule has 0 fully saturated rings. The van der Waals surface area contributed by atoms with E-state index in [2.05, 4.69) is 5.32 Å². The monoisotopic (exact) mass is 530 g/mol. The first kappa shape index (κ1) is 25.5. The van der Waals surface area contributed by atoms with Gasteiger partial charge in [-0.05, 0) is 31.2 Å². The lowest BCUT2D eigenvalue weighted by Gasteiger charge is -2.23. The molecule has 1 aliphatic carbocycles. The third-order valence-electron chi connectivity index (χ3n) is 5.65. The van der Waals surface area contributed by atoms with Gasteiger partial charge in [-0.15, -0.1) is 0 Å². The van der Waals surface area contributed by atoms with Crippen LogP contribution in [-0.4, -0.2) is 51.9 Å². The second kappa shape index (κ2) is 9.47. The summed E-state index contributed by atoms with van der Waals surface area (Å²) in [5.74, 6) is -1.52. The van der Waals surface area contributed by atoms with Crippen LogP contribution in [0.4, 0.5) is 17.1 Å². The van der Waals surface area contributed by atoms with Crippen LogP contribution < -0.4 is 11.1 Å². The molecule has 1 aliphatic rings. The molecule has 36 heavy (non-hydrogen) atoms. The van der Waals surface area contributed by atoms with Crippen LogP contribution >= 0.6 is 0 Å². The van der Waals surface area contributed by atoms with Gasteiger partial charge < -0.3 is 15.8 Å². The predicted octanol–water partition coefficient (Wildman–Crippen LogP) is 2.84. The zero-order valence-electron chi connectivity index (χ0n) is 19.0. The highest BCUT2D eigenvalue weighted by molar-refractivity contribution is 7.91. The van der Waals surface area contributed by atoms with Gasteiger partial charge in [0, 0.05) is 23.4 Å². The number of hydrogen-bond donors (Lipinski definition) is 3. The van der Waals surface area contributed by atoms with Gasteiger partial charge in [-0.3, -0.25) is 14.1 Å². The maximum atomic E-state index is 13.4. The maximum Gasteiger partial charge on any atom is 0.296 e. The highest BCUT2D eigenvalue weighted by atomic mass is 32.2. The number of sulfone groups is 1. The molecule has 3 aromatic carbocycles. The largest absolute Gasteiger partial charge is 0.397 e. The lowest BCUT2D eigenvalue weighted by atomic mass is 9.82. The van der Waals surface area contributed by atoms with Crippen LogP contribution in [0.15, 0.2) is 64.4 Å². The molecule has 10 nitrogen and oxygen atoms in total. The molecule has 0 radical (unpaired) electrons.